The van der Waals surface area contributed by atoms with Crippen LogP contribution in [0, 0.1) is 11.8 Å². The zero-order valence-electron chi connectivity index (χ0n) is 16.1. The van der Waals surface area contributed by atoms with Gasteiger partial charge in [-0.05, 0) is 37.8 Å². The van der Waals surface area contributed by atoms with Gasteiger partial charge in [-0.1, -0.05) is 13.8 Å². The Bertz CT molecular complexity index is 663. The lowest BCUT2D eigenvalue weighted by Gasteiger charge is -2.35. The summed E-state index contributed by atoms with van der Waals surface area (Å²) in [6, 6.07) is 3.44. The number of amides is 3. The smallest absolute Gasteiger partial charge is 0.289 e. The number of hydrogen-bond acceptors (Lipinski definition) is 4. The van der Waals surface area contributed by atoms with Crippen molar-refractivity contribution in [2.75, 3.05) is 26.2 Å². The summed E-state index contributed by atoms with van der Waals surface area (Å²) in [5.41, 5.74) is 0. The topological polar surface area (TPSA) is 82.9 Å². The number of likely N-dealkylation sites (tertiary alicyclic amines) is 2. The van der Waals surface area contributed by atoms with E-state index in [0.29, 0.717) is 31.9 Å². The van der Waals surface area contributed by atoms with Crippen molar-refractivity contribution in [3.05, 3.63) is 24.2 Å². The van der Waals surface area contributed by atoms with Gasteiger partial charge in [0.1, 0.15) is 0 Å². The average molecular weight is 375 g/mol. The zero-order valence-corrected chi connectivity index (χ0v) is 16.1. The average Bonchev–Trinajstić information content (AvgIpc) is 3.22. The van der Waals surface area contributed by atoms with E-state index >= 15 is 0 Å². The third-order valence-corrected chi connectivity index (χ3v) is 5.46. The van der Waals surface area contributed by atoms with E-state index in [1.54, 1.807) is 17.0 Å². The Morgan fingerprint density at radius 3 is 2.48 bits per heavy atom. The third kappa shape index (κ3) is 4.70. The Morgan fingerprint density at radius 2 is 1.85 bits per heavy atom. The van der Waals surface area contributed by atoms with E-state index in [0.717, 1.165) is 25.7 Å². The number of rotatable bonds is 4. The van der Waals surface area contributed by atoms with E-state index < -0.39 is 0 Å². The quantitative estimate of drug-likeness (QED) is 0.871. The molecule has 0 bridgehead atoms. The summed E-state index contributed by atoms with van der Waals surface area (Å²) in [5.74, 6) is 0.181. The van der Waals surface area contributed by atoms with Crippen LogP contribution in [0.1, 0.15) is 50.1 Å². The highest BCUT2D eigenvalue weighted by molar-refractivity contribution is 5.92. The maximum atomic E-state index is 12.7. The highest BCUT2D eigenvalue weighted by Gasteiger charge is 2.32. The van der Waals surface area contributed by atoms with Gasteiger partial charge in [-0.3, -0.25) is 14.4 Å². The maximum absolute atomic E-state index is 12.7. The van der Waals surface area contributed by atoms with Crippen LogP contribution in [0.4, 0.5) is 0 Å². The summed E-state index contributed by atoms with van der Waals surface area (Å²) in [7, 11) is 0. The Labute approximate surface area is 160 Å². The Morgan fingerprint density at radius 1 is 1.11 bits per heavy atom. The van der Waals surface area contributed by atoms with Gasteiger partial charge >= 0.3 is 0 Å². The van der Waals surface area contributed by atoms with Gasteiger partial charge in [-0.15, -0.1) is 0 Å². The van der Waals surface area contributed by atoms with Crippen molar-refractivity contribution in [3.63, 3.8) is 0 Å². The summed E-state index contributed by atoms with van der Waals surface area (Å²) >= 11 is 0. The molecule has 1 atom stereocenters. The molecule has 2 aliphatic rings. The van der Waals surface area contributed by atoms with Crippen LogP contribution >= 0.6 is 0 Å². The SMILES string of the molecule is CC(C)C(=O)N1CCC(NC(=O)C2CCCN(C(=O)c3ccco3)C2)CC1. The number of hydrogen-bond donors (Lipinski definition) is 1. The molecule has 27 heavy (non-hydrogen) atoms. The molecule has 0 aliphatic carbocycles. The van der Waals surface area contributed by atoms with E-state index in [1.807, 2.05) is 18.7 Å². The molecule has 3 rings (SSSR count). The molecule has 0 aromatic carbocycles. The molecule has 1 N–H and O–H groups in total. The summed E-state index contributed by atoms with van der Waals surface area (Å²) in [4.78, 5) is 40.8. The molecule has 2 fully saturated rings. The van der Waals surface area contributed by atoms with Crippen molar-refractivity contribution in [1.29, 1.82) is 0 Å². The molecule has 1 unspecified atom stereocenters. The summed E-state index contributed by atoms with van der Waals surface area (Å²) in [6.07, 6.45) is 4.65. The van der Waals surface area contributed by atoms with Crippen LogP contribution < -0.4 is 5.32 Å². The van der Waals surface area contributed by atoms with Crippen molar-refractivity contribution in [2.45, 2.75) is 45.6 Å². The van der Waals surface area contributed by atoms with Crippen LogP contribution in [0.2, 0.25) is 0 Å². The molecule has 2 saturated heterocycles. The van der Waals surface area contributed by atoms with Crippen LogP contribution in [-0.2, 0) is 9.59 Å². The van der Waals surface area contributed by atoms with Crippen LogP contribution in [0.3, 0.4) is 0 Å². The Kier molecular flexibility index (Phi) is 6.19. The van der Waals surface area contributed by atoms with Gasteiger partial charge in [0.2, 0.25) is 11.8 Å². The van der Waals surface area contributed by atoms with E-state index in [9.17, 15) is 14.4 Å². The maximum Gasteiger partial charge on any atom is 0.289 e. The van der Waals surface area contributed by atoms with E-state index in [1.165, 1.54) is 6.26 Å². The molecule has 3 amide bonds. The molecular weight excluding hydrogens is 346 g/mol. The minimum absolute atomic E-state index is 0.0102. The van der Waals surface area contributed by atoms with Crippen LogP contribution in [0.25, 0.3) is 0 Å². The van der Waals surface area contributed by atoms with E-state index in [2.05, 4.69) is 5.32 Å². The van der Waals surface area contributed by atoms with Crippen molar-refractivity contribution >= 4 is 17.7 Å². The first-order valence-electron chi connectivity index (χ1n) is 9.87. The minimum atomic E-state index is -0.187. The largest absolute Gasteiger partial charge is 0.459 e. The number of nitrogens with zero attached hydrogens (tertiary/aromatic N) is 2. The molecule has 1 aromatic heterocycles. The number of carbonyl (C=O) groups excluding carboxylic acids is 3. The van der Waals surface area contributed by atoms with Gasteiger partial charge in [0.25, 0.3) is 5.91 Å². The molecule has 7 heteroatoms. The predicted octanol–water partition coefficient (Wildman–Crippen LogP) is 1.89. The second kappa shape index (κ2) is 8.59. The van der Waals surface area contributed by atoms with Crippen molar-refractivity contribution in [3.8, 4) is 0 Å². The molecule has 0 spiro atoms. The first-order chi connectivity index (χ1) is 13.0. The van der Waals surface area contributed by atoms with E-state index in [4.69, 9.17) is 4.42 Å². The zero-order chi connectivity index (χ0) is 19.4. The van der Waals surface area contributed by atoms with Crippen molar-refractivity contribution < 1.29 is 18.8 Å². The second-order valence-electron chi connectivity index (χ2n) is 7.83. The monoisotopic (exact) mass is 375 g/mol. The van der Waals surface area contributed by atoms with Gasteiger partial charge in [0.15, 0.2) is 5.76 Å². The highest BCUT2D eigenvalue weighted by atomic mass is 16.3. The summed E-state index contributed by atoms with van der Waals surface area (Å²) in [6.45, 7) is 6.28. The first kappa shape index (κ1) is 19.5. The lowest BCUT2D eigenvalue weighted by Crippen LogP contribution is -2.51. The molecule has 7 nitrogen and oxygen atoms in total. The van der Waals surface area contributed by atoms with E-state index in [-0.39, 0.29) is 35.6 Å². The Hall–Kier alpha value is -2.31. The number of carbonyl (C=O) groups is 3. The van der Waals surface area contributed by atoms with Crippen LogP contribution in [0.5, 0.6) is 0 Å². The second-order valence-corrected chi connectivity index (χ2v) is 7.83. The predicted molar refractivity (Wildman–Crippen MR) is 99.9 cm³/mol. The van der Waals surface area contributed by atoms with Gasteiger partial charge in [-0.25, -0.2) is 0 Å². The first-order valence-corrected chi connectivity index (χ1v) is 9.87. The fraction of sp³-hybridized carbons (Fsp3) is 0.650. The fourth-order valence-electron chi connectivity index (χ4n) is 3.86. The van der Waals surface area contributed by atoms with Gasteiger partial charge < -0.3 is 19.5 Å². The standard InChI is InChI=1S/C20H29N3O4/c1-14(2)19(25)22-10-7-16(8-11-22)21-18(24)15-5-3-9-23(13-15)20(26)17-6-4-12-27-17/h4,6,12,14-16H,3,5,7-11,13H2,1-2H3,(H,21,24). The van der Waals surface area contributed by atoms with Crippen LogP contribution in [0.15, 0.2) is 22.8 Å². The number of nitrogens with one attached hydrogen (secondary N) is 1. The lowest BCUT2D eigenvalue weighted by molar-refractivity contribution is -0.135. The third-order valence-electron chi connectivity index (χ3n) is 5.46. The molecule has 0 saturated carbocycles. The molecule has 148 valence electrons. The molecule has 2 aliphatic heterocycles. The summed E-state index contributed by atoms with van der Waals surface area (Å²) < 4.78 is 5.19. The number of piperidine rings is 2. The minimum Gasteiger partial charge on any atom is -0.459 e. The molecule has 0 radical (unpaired) electrons. The number of furan rings is 1. The normalized spacial score (nSPS) is 21.4. The fourth-order valence-corrected chi connectivity index (χ4v) is 3.86. The van der Waals surface area contributed by atoms with Gasteiger partial charge in [0, 0.05) is 38.1 Å². The molecule has 1 aromatic rings. The molecule has 3 heterocycles. The van der Waals surface area contributed by atoms with Gasteiger partial charge in [0.05, 0.1) is 12.2 Å². The van der Waals surface area contributed by atoms with Crippen LogP contribution in [-0.4, -0.2) is 59.7 Å². The van der Waals surface area contributed by atoms with Gasteiger partial charge in [-0.2, -0.15) is 0 Å². The highest BCUT2D eigenvalue weighted by Crippen LogP contribution is 2.20. The Balaban J connectivity index is 1.48. The van der Waals surface area contributed by atoms with Crippen molar-refractivity contribution in [1.82, 2.24) is 15.1 Å². The lowest BCUT2D eigenvalue weighted by atomic mass is 9.95. The summed E-state index contributed by atoms with van der Waals surface area (Å²) in [5, 5.41) is 3.13. The van der Waals surface area contributed by atoms with Crippen molar-refractivity contribution in [2.24, 2.45) is 11.8 Å². The molecular formula is C20H29N3O4.